The van der Waals surface area contributed by atoms with Crippen LogP contribution in [0, 0.1) is 19.7 Å². The number of aliphatic hydroxyl groups is 1. The van der Waals surface area contributed by atoms with Crippen molar-refractivity contribution in [1.29, 1.82) is 0 Å². The number of para-hydroxylation sites is 1. The molecule has 0 radical (unpaired) electrons. The molecule has 0 fully saturated rings. The van der Waals surface area contributed by atoms with Gasteiger partial charge in [0.2, 0.25) is 0 Å². The van der Waals surface area contributed by atoms with Crippen LogP contribution in [0.1, 0.15) is 30.0 Å². The molecule has 0 aliphatic heterocycles. The minimum Gasteiger partial charge on any atom is -0.396 e. The molecule has 19 heavy (non-hydrogen) atoms. The van der Waals surface area contributed by atoms with Gasteiger partial charge in [0.1, 0.15) is 23.1 Å². The first kappa shape index (κ1) is 13.4. The lowest BCUT2D eigenvalue weighted by Gasteiger charge is -2.24. The molecule has 1 atom stereocenters. The smallest absolute Gasteiger partial charge is 0.168 e. The first-order chi connectivity index (χ1) is 8.82. The van der Waals surface area contributed by atoms with Crippen molar-refractivity contribution in [3.05, 3.63) is 47.1 Å². The number of aromatic nitrogens is 3. The van der Waals surface area contributed by atoms with E-state index in [9.17, 15) is 9.50 Å². The molecule has 0 amide bonds. The predicted octanol–water partition coefficient (Wildman–Crippen LogP) is 1.47. The summed E-state index contributed by atoms with van der Waals surface area (Å²) in [5.74, 6) is 0.533. The topological polar surface area (TPSA) is 84.9 Å². The molecule has 2 aromatic rings. The zero-order chi connectivity index (χ0) is 14.2. The van der Waals surface area contributed by atoms with E-state index in [2.05, 4.69) is 15.0 Å². The van der Waals surface area contributed by atoms with Gasteiger partial charge in [-0.25, -0.2) is 19.3 Å². The van der Waals surface area contributed by atoms with Crippen LogP contribution in [0.5, 0.6) is 0 Å². The van der Waals surface area contributed by atoms with Crippen LogP contribution in [0.2, 0.25) is 0 Å². The van der Waals surface area contributed by atoms with E-state index in [0.29, 0.717) is 11.6 Å². The highest BCUT2D eigenvalue weighted by Crippen LogP contribution is 2.32. The summed E-state index contributed by atoms with van der Waals surface area (Å²) in [7, 11) is 0. The largest absolute Gasteiger partial charge is 0.396 e. The summed E-state index contributed by atoms with van der Waals surface area (Å²) in [4.78, 5) is 12.2. The van der Waals surface area contributed by atoms with Gasteiger partial charge in [-0.15, -0.1) is 0 Å². The Kier molecular flexibility index (Phi) is 3.20. The summed E-state index contributed by atoms with van der Waals surface area (Å²) in [6, 6.07) is 4.27. The number of rotatable bonds is 2. The van der Waals surface area contributed by atoms with Gasteiger partial charge in [-0.05, 0) is 26.8 Å². The van der Waals surface area contributed by atoms with E-state index in [1.54, 1.807) is 19.9 Å². The third kappa shape index (κ3) is 2.39. The SMILES string of the molecule is Cc1nc(C)nc(C(C)(O)c2cccc(F)c2N)n1. The molecule has 6 heteroatoms. The normalized spacial score (nSPS) is 14.2. The minimum absolute atomic E-state index is 0.108. The van der Waals surface area contributed by atoms with Crippen LogP contribution >= 0.6 is 0 Å². The number of nitrogen functional groups attached to an aromatic ring is 1. The van der Waals surface area contributed by atoms with Crippen molar-refractivity contribution in [2.24, 2.45) is 0 Å². The van der Waals surface area contributed by atoms with E-state index in [-0.39, 0.29) is 17.1 Å². The van der Waals surface area contributed by atoms with Crippen molar-refractivity contribution in [2.75, 3.05) is 5.73 Å². The monoisotopic (exact) mass is 262 g/mol. The van der Waals surface area contributed by atoms with Crippen LogP contribution in [0.3, 0.4) is 0 Å². The van der Waals surface area contributed by atoms with E-state index in [0.717, 1.165) is 0 Å². The zero-order valence-corrected chi connectivity index (χ0v) is 11.0. The zero-order valence-electron chi connectivity index (χ0n) is 11.0. The molecule has 5 nitrogen and oxygen atoms in total. The Balaban J connectivity index is 2.61. The number of anilines is 1. The summed E-state index contributed by atoms with van der Waals surface area (Å²) in [6.07, 6.45) is 0. The Bertz CT molecular complexity index is 608. The quantitative estimate of drug-likeness (QED) is 0.800. The Morgan fingerprint density at radius 1 is 1.16 bits per heavy atom. The summed E-state index contributed by atoms with van der Waals surface area (Å²) in [5, 5.41) is 10.6. The lowest BCUT2D eigenvalue weighted by atomic mass is 9.93. The molecule has 1 heterocycles. The summed E-state index contributed by atoms with van der Waals surface area (Å²) >= 11 is 0. The number of hydrogen-bond acceptors (Lipinski definition) is 5. The van der Waals surface area contributed by atoms with E-state index in [1.807, 2.05) is 0 Å². The van der Waals surface area contributed by atoms with Crippen molar-refractivity contribution in [2.45, 2.75) is 26.4 Å². The van der Waals surface area contributed by atoms with Crippen LogP contribution in [-0.2, 0) is 5.60 Å². The highest BCUT2D eigenvalue weighted by molar-refractivity contribution is 5.52. The Labute approximate surface area is 110 Å². The lowest BCUT2D eigenvalue weighted by Crippen LogP contribution is -2.28. The number of benzene rings is 1. The predicted molar refractivity (Wildman–Crippen MR) is 68.8 cm³/mol. The number of hydrogen-bond donors (Lipinski definition) is 2. The Morgan fingerprint density at radius 3 is 2.32 bits per heavy atom. The highest BCUT2D eigenvalue weighted by Gasteiger charge is 2.32. The molecule has 100 valence electrons. The molecular formula is C13H15FN4O. The van der Waals surface area contributed by atoms with Gasteiger partial charge in [0.25, 0.3) is 0 Å². The number of aryl methyl sites for hydroxylation is 2. The second kappa shape index (κ2) is 4.55. The molecule has 0 spiro atoms. The average molecular weight is 262 g/mol. The van der Waals surface area contributed by atoms with E-state index >= 15 is 0 Å². The van der Waals surface area contributed by atoms with Crippen molar-refractivity contribution in [3.8, 4) is 0 Å². The van der Waals surface area contributed by atoms with Gasteiger partial charge < -0.3 is 10.8 Å². The van der Waals surface area contributed by atoms with Gasteiger partial charge in [-0.1, -0.05) is 12.1 Å². The van der Waals surface area contributed by atoms with E-state index < -0.39 is 11.4 Å². The highest BCUT2D eigenvalue weighted by atomic mass is 19.1. The lowest BCUT2D eigenvalue weighted by molar-refractivity contribution is 0.0918. The van der Waals surface area contributed by atoms with Gasteiger partial charge >= 0.3 is 0 Å². The summed E-state index contributed by atoms with van der Waals surface area (Å²) < 4.78 is 13.5. The van der Waals surface area contributed by atoms with Crippen molar-refractivity contribution in [3.63, 3.8) is 0 Å². The number of nitrogens with zero attached hydrogens (tertiary/aromatic N) is 3. The van der Waals surface area contributed by atoms with Gasteiger partial charge in [-0.2, -0.15) is 0 Å². The third-order valence-corrected chi connectivity index (χ3v) is 2.87. The summed E-state index contributed by atoms with van der Waals surface area (Å²) in [5.41, 5.74) is 4.22. The van der Waals surface area contributed by atoms with Crippen molar-refractivity contribution >= 4 is 5.69 Å². The fourth-order valence-electron chi connectivity index (χ4n) is 1.92. The van der Waals surface area contributed by atoms with Gasteiger partial charge in [0.15, 0.2) is 5.82 Å². The van der Waals surface area contributed by atoms with Crippen LogP contribution in [-0.4, -0.2) is 20.1 Å². The van der Waals surface area contributed by atoms with Gasteiger partial charge in [0.05, 0.1) is 5.69 Å². The average Bonchev–Trinajstić information content (AvgIpc) is 2.31. The molecule has 0 aliphatic rings. The van der Waals surface area contributed by atoms with Crippen LogP contribution in [0.15, 0.2) is 18.2 Å². The molecule has 0 saturated heterocycles. The van der Waals surface area contributed by atoms with Gasteiger partial charge in [0, 0.05) is 5.56 Å². The molecular weight excluding hydrogens is 247 g/mol. The van der Waals surface area contributed by atoms with Crippen LogP contribution in [0.4, 0.5) is 10.1 Å². The Hall–Kier alpha value is -2.08. The molecule has 3 N–H and O–H groups in total. The number of halogens is 1. The van der Waals surface area contributed by atoms with Crippen LogP contribution < -0.4 is 5.73 Å². The maximum absolute atomic E-state index is 13.5. The molecule has 1 aromatic heterocycles. The minimum atomic E-state index is -1.58. The maximum atomic E-state index is 13.5. The van der Waals surface area contributed by atoms with Crippen molar-refractivity contribution < 1.29 is 9.50 Å². The van der Waals surface area contributed by atoms with Crippen LogP contribution in [0.25, 0.3) is 0 Å². The second-order valence-electron chi connectivity index (χ2n) is 4.53. The molecule has 0 bridgehead atoms. The fraction of sp³-hybridized carbons (Fsp3) is 0.308. The Morgan fingerprint density at radius 2 is 1.74 bits per heavy atom. The number of nitrogens with two attached hydrogens (primary N) is 1. The first-order valence-corrected chi connectivity index (χ1v) is 5.79. The van der Waals surface area contributed by atoms with Gasteiger partial charge in [-0.3, -0.25) is 0 Å². The molecule has 0 aliphatic carbocycles. The second-order valence-corrected chi connectivity index (χ2v) is 4.53. The summed E-state index contributed by atoms with van der Waals surface area (Å²) in [6.45, 7) is 4.87. The first-order valence-electron chi connectivity index (χ1n) is 5.79. The molecule has 1 unspecified atom stereocenters. The molecule has 1 aromatic carbocycles. The standard InChI is InChI=1S/C13H15FN4O/c1-7-16-8(2)18-12(17-7)13(3,19)9-5-4-6-10(14)11(9)15/h4-6,19H,15H2,1-3H3. The third-order valence-electron chi connectivity index (χ3n) is 2.87. The van der Waals surface area contributed by atoms with E-state index in [4.69, 9.17) is 5.73 Å². The maximum Gasteiger partial charge on any atom is 0.168 e. The van der Waals surface area contributed by atoms with Crippen molar-refractivity contribution in [1.82, 2.24) is 15.0 Å². The fourth-order valence-corrected chi connectivity index (χ4v) is 1.92. The van der Waals surface area contributed by atoms with E-state index in [1.165, 1.54) is 19.1 Å². The molecule has 0 saturated carbocycles. The molecule has 2 rings (SSSR count).